The lowest BCUT2D eigenvalue weighted by Crippen LogP contribution is -2.65. The van der Waals surface area contributed by atoms with E-state index >= 15 is 4.79 Å². The summed E-state index contributed by atoms with van der Waals surface area (Å²) in [5.74, 6) is -4.99. The zero-order chi connectivity index (χ0) is 35.7. The maximum absolute atomic E-state index is 15.2. The van der Waals surface area contributed by atoms with Gasteiger partial charge in [0, 0.05) is 17.3 Å². The smallest absolute Gasteiger partial charge is 0.338 e. The van der Waals surface area contributed by atoms with Gasteiger partial charge in [-0.25, -0.2) is 4.79 Å². The third-order valence-electron chi connectivity index (χ3n) is 12.5. The number of rotatable bonds is 9. The van der Waals surface area contributed by atoms with E-state index in [0.717, 1.165) is 0 Å². The van der Waals surface area contributed by atoms with E-state index in [1.807, 2.05) is 41.5 Å². The van der Waals surface area contributed by atoms with Crippen molar-refractivity contribution in [1.82, 2.24) is 0 Å². The molecular formula is C39H52O9. The third kappa shape index (κ3) is 5.01. The zero-order valence-corrected chi connectivity index (χ0v) is 29.9. The Morgan fingerprint density at radius 2 is 1.52 bits per heavy atom. The van der Waals surface area contributed by atoms with Crippen LogP contribution in [0.2, 0.25) is 0 Å². The molecule has 1 spiro atoms. The summed E-state index contributed by atoms with van der Waals surface area (Å²) in [6.45, 7) is 18.2. The molecule has 0 aromatic heterocycles. The molecule has 5 rings (SSSR count). The van der Waals surface area contributed by atoms with Crippen LogP contribution in [0.5, 0.6) is 0 Å². The van der Waals surface area contributed by atoms with Gasteiger partial charge in [-0.1, -0.05) is 85.7 Å². The first kappa shape index (κ1) is 36.0. The number of Topliss-reactive ketones (excluding diaryl/α,β-unsaturated/α-hetero) is 1. The normalized spacial score (nSPS) is 38.0. The van der Waals surface area contributed by atoms with Gasteiger partial charge in [0.05, 0.1) is 22.8 Å². The fraction of sp³-hybridized carbons (Fsp3) is 0.641. The molecule has 48 heavy (non-hydrogen) atoms. The SMILES string of the molecule is CC1=C[C@@H]2C(=O)[C@]3(C=C(C)[C@H](OC(=O)C(C)C(C)C)[C@@]3(O)[C@@H]1O)[C@H](C)C[C@]1(OC(=O)C(C)C(C)C)[C@H]2[C@]1(C)COC(=O)c1ccccc1. The summed E-state index contributed by atoms with van der Waals surface area (Å²) in [6, 6.07) is 8.60. The van der Waals surface area contributed by atoms with E-state index in [1.165, 1.54) is 0 Å². The maximum atomic E-state index is 15.2. The van der Waals surface area contributed by atoms with E-state index in [0.29, 0.717) is 16.7 Å². The van der Waals surface area contributed by atoms with Gasteiger partial charge in [-0.3, -0.25) is 14.4 Å². The summed E-state index contributed by atoms with van der Waals surface area (Å²) in [5, 5.41) is 24.8. The summed E-state index contributed by atoms with van der Waals surface area (Å²) in [4.78, 5) is 55.4. The number of allylic oxidation sites excluding steroid dienone is 1. The number of carbonyl (C=O) groups excluding carboxylic acids is 4. The van der Waals surface area contributed by atoms with Crippen LogP contribution in [-0.4, -0.2) is 63.9 Å². The number of hydrogen-bond acceptors (Lipinski definition) is 9. The number of benzene rings is 1. The Labute approximate surface area is 284 Å². The fourth-order valence-corrected chi connectivity index (χ4v) is 8.81. The predicted octanol–water partition coefficient (Wildman–Crippen LogP) is 5.48. The van der Waals surface area contributed by atoms with Crippen molar-refractivity contribution in [3.63, 3.8) is 0 Å². The van der Waals surface area contributed by atoms with Gasteiger partial charge >= 0.3 is 17.9 Å². The maximum Gasteiger partial charge on any atom is 0.338 e. The molecule has 4 aliphatic rings. The van der Waals surface area contributed by atoms with Gasteiger partial charge in [0.2, 0.25) is 0 Å². The Balaban J connectivity index is 1.62. The van der Waals surface area contributed by atoms with E-state index < -0.39 is 81.7 Å². The molecule has 0 aliphatic heterocycles. The topological polar surface area (TPSA) is 136 Å². The van der Waals surface area contributed by atoms with Crippen LogP contribution in [0, 0.1) is 52.3 Å². The number of carbonyl (C=O) groups is 4. The van der Waals surface area contributed by atoms with Gasteiger partial charge < -0.3 is 24.4 Å². The highest BCUT2D eigenvalue weighted by Crippen LogP contribution is 2.75. The van der Waals surface area contributed by atoms with E-state index in [-0.39, 0.29) is 30.6 Å². The molecule has 11 atom stereocenters. The van der Waals surface area contributed by atoms with Crippen molar-refractivity contribution in [2.24, 2.45) is 52.3 Å². The second kappa shape index (κ2) is 12.2. The molecule has 2 fully saturated rings. The van der Waals surface area contributed by atoms with Crippen LogP contribution < -0.4 is 0 Å². The minimum absolute atomic E-state index is 0.00871. The van der Waals surface area contributed by atoms with Crippen LogP contribution in [0.15, 0.2) is 53.6 Å². The number of aliphatic hydroxyl groups is 2. The van der Waals surface area contributed by atoms with E-state index in [2.05, 4.69) is 0 Å². The molecule has 9 nitrogen and oxygen atoms in total. The van der Waals surface area contributed by atoms with Gasteiger partial charge in [0.15, 0.2) is 17.5 Å². The van der Waals surface area contributed by atoms with E-state index in [4.69, 9.17) is 14.2 Å². The molecule has 2 saturated carbocycles. The molecule has 0 amide bonds. The molecule has 0 radical (unpaired) electrons. The first-order valence-electron chi connectivity index (χ1n) is 17.3. The van der Waals surface area contributed by atoms with Crippen molar-refractivity contribution in [2.45, 2.75) is 99.1 Å². The molecule has 4 aliphatic carbocycles. The molecule has 0 heterocycles. The van der Waals surface area contributed by atoms with Crippen molar-refractivity contribution in [3.05, 3.63) is 59.2 Å². The highest BCUT2D eigenvalue weighted by atomic mass is 16.6. The molecule has 1 aromatic rings. The highest BCUT2D eigenvalue weighted by molar-refractivity contribution is 5.96. The number of hydrogen-bond donors (Lipinski definition) is 2. The number of aliphatic hydroxyl groups excluding tert-OH is 1. The standard InChI is InChI=1S/C39H52O9/c1-20(2)25(8)33(42)47-32-23(6)17-37-24(7)18-38(48-34(43)26(9)21(3)4)29(28(31(37)41)16-22(5)30(40)39(32,37)45)36(38,10)19-46-35(44)27-14-12-11-13-15-27/h11-17,20-21,24-26,28-30,32,40,45H,18-19H2,1-10H3/t24-,25?,26?,28+,29-,30-,32+,36+,37+,38+,39+/m1/s1. The summed E-state index contributed by atoms with van der Waals surface area (Å²) < 4.78 is 18.4. The molecule has 2 unspecified atom stereocenters. The van der Waals surface area contributed by atoms with Crippen LogP contribution in [0.3, 0.4) is 0 Å². The first-order valence-corrected chi connectivity index (χ1v) is 17.3. The minimum Gasteiger partial charge on any atom is -0.461 e. The van der Waals surface area contributed by atoms with Crippen molar-refractivity contribution >= 4 is 23.7 Å². The fourth-order valence-electron chi connectivity index (χ4n) is 8.81. The number of fused-ring (bicyclic) bond motifs is 3. The second-order valence-corrected chi connectivity index (χ2v) is 15.9. The average molecular weight is 665 g/mol. The quantitative estimate of drug-likeness (QED) is 0.200. The summed E-state index contributed by atoms with van der Waals surface area (Å²) >= 11 is 0. The molecule has 2 bridgehead atoms. The number of ether oxygens (including phenoxy) is 3. The summed E-state index contributed by atoms with van der Waals surface area (Å²) in [6.07, 6.45) is 0.689. The van der Waals surface area contributed by atoms with Crippen LogP contribution in [0.25, 0.3) is 0 Å². The Morgan fingerprint density at radius 3 is 2.10 bits per heavy atom. The van der Waals surface area contributed by atoms with Crippen molar-refractivity contribution in [2.75, 3.05) is 6.61 Å². The molecule has 1 aromatic carbocycles. The van der Waals surface area contributed by atoms with Gasteiger partial charge in [-0.2, -0.15) is 0 Å². The first-order chi connectivity index (χ1) is 22.3. The molecule has 262 valence electrons. The molecular weight excluding hydrogens is 612 g/mol. The Kier molecular flexibility index (Phi) is 9.17. The Bertz CT molecular complexity index is 1540. The summed E-state index contributed by atoms with van der Waals surface area (Å²) in [7, 11) is 0. The Morgan fingerprint density at radius 1 is 0.938 bits per heavy atom. The molecule has 9 heteroatoms. The van der Waals surface area contributed by atoms with Crippen molar-refractivity contribution in [3.8, 4) is 0 Å². The van der Waals surface area contributed by atoms with Gasteiger partial charge in [0.25, 0.3) is 0 Å². The average Bonchev–Trinajstić information content (AvgIpc) is 3.48. The summed E-state index contributed by atoms with van der Waals surface area (Å²) in [5.41, 5.74) is -4.86. The van der Waals surface area contributed by atoms with Gasteiger partial charge in [0.1, 0.15) is 18.3 Å². The van der Waals surface area contributed by atoms with Crippen LogP contribution in [-0.2, 0) is 28.6 Å². The largest absolute Gasteiger partial charge is 0.461 e. The van der Waals surface area contributed by atoms with Gasteiger partial charge in [-0.05, 0) is 61.3 Å². The zero-order valence-electron chi connectivity index (χ0n) is 29.9. The van der Waals surface area contributed by atoms with E-state index in [1.54, 1.807) is 70.2 Å². The second-order valence-electron chi connectivity index (χ2n) is 15.9. The predicted molar refractivity (Wildman–Crippen MR) is 178 cm³/mol. The lowest BCUT2D eigenvalue weighted by atomic mass is 9.59. The Hall–Kier alpha value is -3.30. The molecule has 0 saturated heterocycles. The number of ketones is 1. The van der Waals surface area contributed by atoms with Crippen molar-refractivity contribution in [1.29, 1.82) is 0 Å². The van der Waals surface area contributed by atoms with Gasteiger partial charge in [-0.15, -0.1) is 0 Å². The minimum atomic E-state index is -2.21. The third-order valence-corrected chi connectivity index (χ3v) is 12.5. The van der Waals surface area contributed by atoms with Crippen LogP contribution in [0.1, 0.15) is 86.0 Å². The van der Waals surface area contributed by atoms with E-state index in [9.17, 15) is 24.6 Å². The monoisotopic (exact) mass is 664 g/mol. The van der Waals surface area contributed by atoms with Crippen molar-refractivity contribution < 1.29 is 43.6 Å². The molecule has 2 N–H and O–H groups in total. The lowest BCUT2D eigenvalue weighted by molar-refractivity contribution is -0.206. The van der Waals surface area contributed by atoms with Crippen LogP contribution >= 0.6 is 0 Å². The highest BCUT2D eigenvalue weighted by Gasteiger charge is 2.85. The lowest BCUT2D eigenvalue weighted by Gasteiger charge is -2.49. The van der Waals surface area contributed by atoms with Crippen LogP contribution in [0.4, 0.5) is 0 Å². The number of esters is 3.